The van der Waals surface area contributed by atoms with Gasteiger partial charge in [-0.05, 0) is 12.8 Å². The summed E-state index contributed by atoms with van der Waals surface area (Å²) in [5.74, 6) is 2.55. The molecule has 2 aliphatic heterocycles. The van der Waals surface area contributed by atoms with Crippen LogP contribution in [0.15, 0.2) is 0 Å². The molecule has 0 bridgehead atoms. The van der Waals surface area contributed by atoms with Crippen molar-refractivity contribution in [3.05, 3.63) is 0 Å². The van der Waals surface area contributed by atoms with Crippen LogP contribution in [0, 0.1) is 0 Å². The van der Waals surface area contributed by atoms with Crippen LogP contribution in [0.2, 0.25) is 0 Å². The topological polar surface area (TPSA) is 24.9 Å². The summed E-state index contributed by atoms with van der Waals surface area (Å²) in [5.41, 5.74) is 0. The summed E-state index contributed by atoms with van der Waals surface area (Å²) >= 11 is 4.02. The van der Waals surface area contributed by atoms with Crippen LogP contribution >= 0.6 is 23.9 Å². The van der Waals surface area contributed by atoms with E-state index in [9.17, 15) is 0 Å². The SMILES string of the molecule is C(CCCSN1CCOCC1)CCSN1CCOCC1. The van der Waals surface area contributed by atoms with Crippen LogP contribution in [0.3, 0.4) is 0 Å². The van der Waals surface area contributed by atoms with E-state index >= 15 is 0 Å². The maximum atomic E-state index is 5.35. The average molecular weight is 321 g/mol. The summed E-state index contributed by atoms with van der Waals surface area (Å²) in [5, 5.41) is 0. The molecular formula is C14H28N2O2S2. The molecular weight excluding hydrogens is 292 g/mol. The third-order valence-corrected chi connectivity index (χ3v) is 5.93. The van der Waals surface area contributed by atoms with Gasteiger partial charge in [0.2, 0.25) is 0 Å². The molecule has 20 heavy (non-hydrogen) atoms. The summed E-state index contributed by atoms with van der Waals surface area (Å²) in [7, 11) is 0. The lowest BCUT2D eigenvalue weighted by Gasteiger charge is -2.25. The number of unbranched alkanes of at least 4 members (excludes halogenated alkanes) is 3. The van der Waals surface area contributed by atoms with E-state index in [2.05, 4.69) is 8.61 Å². The lowest BCUT2D eigenvalue weighted by molar-refractivity contribution is 0.0772. The average Bonchev–Trinajstić information content (AvgIpc) is 2.52. The maximum absolute atomic E-state index is 5.35. The fraction of sp³-hybridized carbons (Fsp3) is 1.00. The highest BCUT2D eigenvalue weighted by Gasteiger charge is 2.11. The third-order valence-electron chi connectivity index (χ3n) is 3.53. The van der Waals surface area contributed by atoms with E-state index < -0.39 is 0 Å². The Labute approximate surface area is 132 Å². The second kappa shape index (κ2) is 11.2. The van der Waals surface area contributed by atoms with Crippen molar-refractivity contribution >= 4 is 23.9 Å². The number of hydrogen-bond acceptors (Lipinski definition) is 6. The number of rotatable bonds is 9. The van der Waals surface area contributed by atoms with Crippen LogP contribution in [0.1, 0.15) is 25.7 Å². The molecule has 0 N–H and O–H groups in total. The van der Waals surface area contributed by atoms with Gasteiger partial charge in [0, 0.05) is 37.7 Å². The van der Waals surface area contributed by atoms with Gasteiger partial charge in [-0.2, -0.15) is 0 Å². The standard InChI is InChI=1S/C14H28N2O2S2/c1(3-13-19-15-5-9-17-10-6-15)2-4-14-20-16-7-11-18-12-8-16/h1-14H2. The van der Waals surface area contributed by atoms with Gasteiger partial charge in [-0.15, -0.1) is 0 Å². The van der Waals surface area contributed by atoms with Gasteiger partial charge in [-0.3, -0.25) is 0 Å². The quantitative estimate of drug-likeness (QED) is 0.478. The van der Waals surface area contributed by atoms with E-state index in [0.29, 0.717) is 0 Å². The Balaban J connectivity index is 1.33. The summed E-state index contributed by atoms with van der Waals surface area (Å²) in [4.78, 5) is 0. The van der Waals surface area contributed by atoms with Crippen molar-refractivity contribution in [2.75, 3.05) is 64.1 Å². The fourth-order valence-electron chi connectivity index (χ4n) is 2.30. The van der Waals surface area contributed by atoms with Crippen molar-refractivity contribution < 1.29 is 9.47 Å². The van der Waals surface area contributed by atoms with E-state index in [1.165, 1.54) is 37.2 Å². The van der Waals surface area contributed by atoms with Gasteiger partial charge in [-0.1, -0.05) is 36.7 Å². The highest BCUT2D eigenvalue weighted by Crippen LogP contribution is 2.17. The first-order valence-electron chi connectivity index (χ1n) is 7.86. The van der Waals surface area contributed by atoms with Gasteiger partial charge < -0.3 is 9.47 Å². The summed E-state index contributed by atoms with van der Waals surface area (Å²) in [6.07, 6.45) is 5.45. The Morgan fingerprint density at radius 3 is 1.40 bits per heavy atom. The number of ether oxygens (including phenoxy) is 2. The zero-order chi connectivity index (χ0) is 13.9. The highest BCUT2D eigenvalue weighted by atomic mass is 32.2. The molecule has 0 aromatic heterocycles. The number of morpholine rings is 2. The Hall–Kier alpha value is 0.540. The molecule has 2 heterocycles. The van der Waals surface area contributed by atoms with Crippen molar-refractivity contribution in [1.29, 1.82) is 0 Å². The molecule has 0 radical (unpaired) electrons. The predicted molar refractivity (Wildman–Crippen MR) is 88.2 cm³/mol. The summed E-state index contributed by atoms with van der Waals surface area (Å²) in [6.45, 7) is 8.03. The van der Waals surface area contributed by atoms with Crippen LogP contribution in [0.5, 0.6) is 0 Å². The van der Waals surface area contributed by atoms with Crippen molar-refractivity contribution in [3.63, 3.8) is 0 Å². The second-order valence-electron chi connectivity index (χ2n) is 5.16. The van der Waals surface area contributed by atoms with E-state index in [1.807, 2.05) is 23.9 Å². The highest BCUT2D eigenvalue weighted by molar-refractivity contribution is 7.97. The molecule has 4 nitrogen and oxygen atoms in total. The minimum absolute atomic E-state index is 0.908. The smallest absolute Gasteiger partial charge is 0.0603 e. The predicted octanol–water partition coefficient (Wildman–Crippen LogP) is 2.51. The second-order valence-corrected chi connectivity index (χ2v) is 7.53. The molecule has 0 aliphatic carbocycles. The Morgan fingerprint density at radius 1 is 0.600 bits per heavy atom. The summed E-state index contributed by atoms with van der Waals surface area (Å²) in [6, 6.07) is 0. The molecule has 2 saturated heterocycles. The Kier molecular flexibility index (Phi) is 9.43. The molecule has 2 fully saturated rings. The van der Waals surface area contributed by atoms with Crippen LogP contribution in [0.4, 0.5) is 0 Å². The monoisotopic (exact) mass is 320 g/mol. The lowest BCUT2D eigenvalue weighted by atomic mass is 10.2. The van der Waals surface area contributed by atoms with Gasteiger partial charge >= 0.3 is 0 Å². The Morgan fingerprint density at radius 2 is 1.00 bits per heavy atom. The van der Waals surface area contributed by atoms with Crippen LogP contribution in [-0.2, 0) is 9.47 Å². The van der Waals surface area contributed by atoms with Gasteiger partial charge in [-0.25, -0.2) is 8.61 Å². The van der Waals surface area contributed by atoms with Crippen molar-refractivity contribution in [2.45, 2.75) is 25.7 Å². The van der Waals surface area contributed by atoms with E-state index in [0.717, 1.165) is 52.6 Å². The largest absolute Gasteiger partial charge is 0.379 e. The first kappa shape index (κ1) is 16.9. The normalized spacial score (nSPS) is 22.2. The molecule has 0 amide bonds. The van der Waals surface area contributed by atoms with E-state index in [4.69, 9.17) is 9.47 Å². The zero-order valence-corrected chi connectivity index (χ0v) is 14.1. The minimum Gasteiger partial charge on any atom is -0.379 e. The molecule has 6 heteroatoms. The molecule has 0 atom stereocenters. The van der Waals surface area contributed by atoms with Crippen LogP contribution in [0.25, 0.3) is 0 Å². The van der Waals surface area contributed by atoms with E-state index in [-0.39, 0.29) is 0 Å². The molecule has 0 spiro atoms. The van der Waals surface area contributed by atoms with Crippen LogP contribution in [-0.4, -0.2) is 72.7 Å². The lowest BCUT2D eigenvalue weighted by Crippen LogP contribution is -2.31. The van der Waals surface area contributed by atoms with Gasteiger partial charge in [0.15, 0.2) is 0 Å². The molecule has 2 rings (SSSR count). The molecule has 118 valence electrons. The molecule has 0 saturated carbocycles. The van der Waals surface area contributed by atoms with Gasteiger partial charge in [0.1, 0.15) is 0 Å². The third kappa shape index (κ3) is 7.52. The van der Waals surface area contributed by atoms with E-state index in [1.54, 1.807) is 0 Å². The number of hydrogen-bond donors (Lipinski definition) is 0. The van der Waals surface area contributed by atoms with Crippen molar-refractivity contribution in [3.8, 4) is 0 Å². The van der Waals surface area contributed by atoms with Crippen LogP contribution < -0.4 is 0 Å². The molecule has 0 unspecified atom stereocenters. The first-order valence-corrected chi connectivity index (χ1v) is 9.75. The molecule has 2 aliphatic rings. The van der Waals surface area contributed by atoms with Crippen molar-refractivity contribution in [2.24, 2.45) is 0 Å². The summed E-state index contributed by atoms with van der Waals surface area (Å²) < 4.78 is 15.6. The minimum atomic E-state index is 0.908. The molecule has 0 aromatic carbocycles. The fourth-order valence-corrected chi connectivity index (χ4v) is 4.29. The maximum Gasteiger partial charge on any atom is 0.0603 e. The first-order chi connectivity index (χ1) is 9.95. The van der Waals surface area contributed by atoms with Gasteiger partial charge in [0.25, 0.3) is 0 Å². The Bertz CT molecular complexity index is 211. The number of nitrogens with zero attached hydrogens (tertiary/aromatic N) is 2. The zero-order valence-electron chi connectivity index (χ0n) is 12.4. The van der Waals surface area contributed by atoms with Crippen molar-refractivity contribution in [1.82, 2.24) is 8.61 Å². The van der Waals surface area contributed by atoms with Gasteiger partial charge in [0.05, 0.1) is 26.4 Å². The molecule has 0 aromatic rings.